The number of alkyl halides is 2. The van der Waals surface area contributed by atoms with E-state index in [0.29, 0.717) is 12.2 Å². The second-order valence-corrected chi connectivity index (χ2v) is 10.2. The molecule has 3 heterocycles. The molecule has 5 nitrogen and oxygen atoms in total. The molecule has 7 heteroatoms. The lowest BCUT2D eigenvalue weighted by Gasteiger charge is -2.39. The van der Waals surface area contributed by atoms with Gasteiger partial charge in [0.2, 0.25) is 0 Å². The highest BCUT2D eigenvalue weighted by Crippen LogP contribution is 2.52. The lowest BCUT2D eigenvalue weighted by Crippen LogP contribution is -2.37. The summed E-state index contributed by atoms with van der Waals surface area (Å²) >= 11 is 0. The van der Waals surface area contributed by atoms with Crippen molar-refractivity contribution in [2.24, 2.45) is 10.8 Å². The Morgan fingerprint density at radius 3 is 2.61 bits per heavy atom. The summed E-state index contributed by atoms with van der Waals surface area (Å²) in [4.78, 5) is 20.1. The van der Waals surface area contributed by atoms with E-state index in [4.69, 9.17) is 0 Å². The number of nitrogens with zero attached hydrogens (tertiary/aromatic N) is 4. The molecule has 1 aliphatic carbocycles. The van der Waals surface area contributed by atoms with Crippen LogP contribution in [0.4, 0.5) is 8.78 Å². The maximum absolute atomic E-state index is 13.8. The molecular formula is C24H26F2N4O. The standard InChI is InChI=1S/C24H26F2N4O/c1-23(2)10-16-11-24(3,13-23)14-29(16)22(31)17-12-27-30-19(20(25)26)9-18(28-21(17)30)15-7-5-4-6-8-15/h4-9,12,16,20H,10-11,13-14H2,1-3H3/t16-,24-/m1/s1. The molecule has 1 saturated heterocycles. The van der Waals surface area contributed by atoms with Gasteiger partial charge in [-0.3, -0.25) is 4.79 Å². The highest BCUT2D eigenvalue weighted by molar-refractivity contribution is 6.00. The normalized spacial score (nSPS) is 24.8. The van der Waals surface area contributed by atoms with E-state index in [1.807, 2.05) is 35.2 Å². The Bertz CT molecular complexity index is 1160. The van der Waals surface area contributed by atoms with Crippen molar-refractivity contribution >= 4 is 11.6 Å². The lowest BCUT2D eigenvalue weighted by molar-refractivity contribution is 0.0709. The molecule has 1 aliphatic heterocycles. The molecule has 0 spiro atoms. The Kier molecular flexibility index (Phi) is 4.43. The fraction of sp³-hybridized carbons (Fsp3) is 0.458. The van der Waals surface area contributed by atoms with Gasteiger partial charge in [0, 0.05) is 18.2 Å². The van der Waals surface area contributed by atoms with Crippen molar-refractivity contribution in [3.05, 3.63) is 53.9 Å². The van der Waals surface area contributed by atoms with E-state index in [-0.39, 0.29) is 39.7 Å². The van der Waals surface area contributed by atoms with Crippen LogP contribution in [0, 0.1) is 10.8 Å². The predicted molar refractivity (Wildman–Crippen MR) is 114 cm³/mol. The number of halogens is 2. The second-order valence-electron chi connectivity index (χ2n) is 10.2. The number of hydrogen-bond acceptors (Lipinski definition) is 3. The first-order chi connectivity index (χ1) is 14.7. The molecule has 5 rings (SSSR count). The molecule has 2 atom stereocenters. The topological polar surface area (TPSA) is 50.5 Å². The zero-order valence-corrected chi connectivity index (χ0v) is 18.0. The first kappa shape index (κ1) is 20.1. The maximum atomic E-state index is 13.8. The first-order valence-electron chi connectivity index (χ1n) is 10.7. The van der Waals surface area contributed by atoms with Crippen LogP contribution in [0.3, 0.4) is 0 Å². The third-order valence-electron chi connectivity index (χ3n) is 6.70. The number of hydrogen-bond donors (Lipinski definition) is 0. The molecule has 2 aromatic heterocycles. The number of benzene rings is 1. The van der Waals surface area contributed by atoms with E-state index in [9.17, 15) is 13.6 Å². The summed E-state index contributed by atoms with van der Waals surface area (Å²) in [5, 5.41) is 4.13. The van der Waals surface area contributed by atoms with Crippen molar-refractivity contribution in [1.82, 2.24) is 19.5 Å². The van der Waals surface area contributed by atoms with Crippen LogP contribution < -0.4 is 0 Å². The zero-order valence-electron chi connectivity index (χ0n) is 18.0. The molecule has 0 N–H and O–H groups in total. The SMILES string of the molecule is CC1(C)C[C@@H]2C[C@@](C)(CN2C(=O)c2cnn3c(C(F)F)cc(-c4ccccc4)nc23)C1. The van der Waals surface area contributed by atoms with Crippen molar-refractivity contribution < 1.29 is 13.6 Å². The average Bonchev–Trinajstić information content (AvgIpc) is 3.24. The monoisotopic (exact) mass is 424 g/mol. The van der Waals surface area contributed by atoms with E-state index in [0.717, 1.165) is 29.3 Å². The number of aromatic nitrogens is 3. The van der Waals surface area contributed by atoms with Gasteiger partial charge in [0.1, 0.15) is 11.3 Å². The van der Waals surface area contributed by atoms with E-state index >= 15 is 0 Å². The highest BCUT2D eigenvalue weighted by Gasteiger charge is 2.51. The minimum atomic E-state index is -2.73. The summed E-state index contributed by atoms with van der Waals surface area (Å²) in [6.45, 7) is 7.43. The average molecular weight is 424 g/mol. The van der Waals surface area contributed by atoms with Crippen molar-refractivity contribution in [3.63, 3.8) is 0 Å². The van der Waals surface area contributed by atoms with Crippen LogP contribution in [0.5, 0.6) is 0 Å². The van der Waals surface area contributed by atoms with Crippen LogP contribution in [-0.2, 0) is 0 Å². The van der Waals surface area contributed by atoms with E-state index in [2.05, 4.69) is 30.9 Å². The quantitative estimate of drug-likeness (QED) is 0.568. The molecule has 31 heavy (non-hydrogen) atoms. The van der Waals surface area contributed by atoms with Crippen LogP contribution in [0.1, 0.15) is 62.5 Å². The van der Waals surface area contributed by atoms with Gasteiger partial charge in [-0.15, -0.1) is 0 Å². The van der Waals surface area contributed by atoms with Crippen LogP contribution >= 0.6 is 0 Å². The fourth-order valence-corrected chi connectivity index (χ4v) is 5.90. The summed E-state index contributed by atoms with van der Waals surface area (Å²) in [7, 11) is 0. The van der Waals surface area contributed by atoms with Gasteiger partial charge >= 0.3 is 0 Å². The summed E-state index contributed by atoms with van der Waals surface area (Å²) in [6.07, 6.45) is 1.65. The summed E-state index contributed by atoms with van der Waals surface area (Å²) < 4.78 is 28.8. The second kappa shape index (κ2) is 6.84. The van der Waals surface area contributed by atoms with E-state index in [1.54, 1.807) is 0 Å². The molecule has 2 fully saturated rings. The Hall–Kier alpha value is -2.83. The minimum absolute atomic E-state index is 0.0851. The molecule has 1 amide bonds. The Morgan fingerprint density at radius 2 is 1.90 bits per heavy atom. The Balaban J connectivity index is 1.59. The molecule has 2 aliphatic rings. The third kappa shape index (κ3) is 3.40. The van der Waals surface area contributed by atoms with Crippen molar-refractivity contribution in [3.8, 4) is 11.3 Å². The number of fused-ring (bicyclic) bond motifs is 3. The summed E-state index contributed by atoms with van der Waals surface area (Å²) in [5.41, 5.74) is 1.60. The molecule has 0 unspecified atom stereocenters. The fourth-order valence-electron chi connectivity index (χ4n) is 5.90. The highest BCUT2D eigenvalue weighted by atomic mass is 19.3. The van der Waals surface area contributed by atoms with Gasteiger partial charge < -0.3 is 4.90 Å². The third-order valence-corrected chi connectivity index (χ3v) is 6.70. The molecular weight excluding hydrogens is 398 g/mol. The van der Waals surface area contributed by atoms with Crippen molar-refractivity contribution in [1.29, 1.82) is 0 Å². The van der Waals surface area contributed by atoms with Crippen LogP contribution in [-0.4, -0.2) is 38.0 Å². The van der Waals surface area contributed by atoms with E-state index in [1.165, 1.54) is 12.3 Å². The van der Waals surface area contributed by atoms with Gasteiger partial charge in [-0.1, -0.05) is 51.1 Å². The molecule has 1 aromatic carbocycles. The van der Waals surface area contributed by atoms with Gasteiger partial charge in [0.05, 0.1) is 11.9 Å². The Labute approximate surface area is 180 Å². The number of likely N-dealkylation sites (tertiary alicyclic amines) is 1. The lowest BCUT2D eigenvalue weighted by atomic mass is 9.65. The first-order valence-corrected chi connectivity index (χ1v) is 10.7. The molecule has 1 saturated carbocycles. The van der Waals surface area contributed by atoms with Crippen LogP contribution in [0.25, 0.3) is 16.9 Å². The van der Waals surface area contributed by atoms with Gasteiger partial charge in [0.15, 0.2) is 5.65 Å². The molecule has 0 radical (unpaired) electrons. The largest absolute Gasteiger partial charge is 0.335 e. The van der Waals surface area contributed by atoms with Gasteiger partial charge in [0.25, 0.3) is 12.3 Å². The molecule has 3 aromatic rings. The molecule has 2 bridgehead atoms. The van der Waals surface area contributed by atoms with Gasteiger partial charge in [-0.25, -0.2) is 18.3 Å². The van der Waals surface area contributed by atoms with Crippen molar-refractivity contribution in [2.75, 3.05) is 6.54 Å². The Morgan fingerprint density at radius 1 is 1.16 bits per heavy atom. The summed E-state index contributed by atoms with van der Waals surface area (Å²) in [6, 6.07) is 10.7. The van der Waals surface area contributed by atoms with Crippen molar-refractivity contribution in [2.45, 2.75) is 52.5 Å². The van der Waals surface area contributed by atoms with Crippen LogP contribution in [0.15, 0.2) is 42.6 Å². The van der Waals surface area contributed by atoms with Gasteiger partial charge in [-0.05, 0) is 36.2 Å². The number of carbonyl (C=O) groups is 1. The maximum Gasteiger partial charge on any atom is 0.280 e. The number of carbonyl (C=O) groups excluding carboxylic acids is 1. The smallest absolute Gasteiger partial charge is 0.280 e. The predicted octanol–water partition coefficient (Wildman–Crippen LogP) is 5.37. The van der Waals surface area contributed by atoms with E-state index < -0.39 is 6.43 Å². The number of rotatable bonds is 3. The minimum Gasteiger partial charge on any atom is -0.335 e. The van der Waals surface area contributed by atoms with Crippen LogP contribution in [0.2, 0.25) is 0 Å². The number of amides is 1. The summed E-state index contributed by atoms with van der Waals surface area (Å²) in [5.74, 6) is -0.167. The van der Waals surface area contributed by atoms with Gasteiger partial charge in [-0.2, -0.15) is 5.10 Å². The zero-order chi connectivity index (χ0) is 22.0. The molecule has 162 valence electrons.